The molecular weight excluding hydrogens is 206 g/mol. The van der Waals surface area contributed by atoms with E-state index in [9.17, 15) is 0 Å². The Hall–Kier alpha value is -0.410. The Balaban J connectivity index is 1.73. The zero-order valence-electron chi connectivity index (χ0n) is 9.02. The molecule has 1 heterocycles. The van der Waals surface area contributed by atoms with Crippen molar-refractivity contribution >= 4 is 11.8 Å². The van der Waals surface area contributed by atoms with Gasteiger partial charge in [0.1, 0.15) is 0 Å². The summed E-state index contributed by atoms with van der Waals surface area (Å²) in [5.74, 6) is 1.02. The molecule has 1 aromatic heterocycles. The zero-order valence-corrected chi connectivity index (χ0v) is 9.84. The van der Waals surface area contributed by atoms with Gasteiger partial charge in [-0.1, -0.05) is 19.3 Å². The fourth-order valence-corrected chi connectivity index (χ4v) is 3.39. The molecule has 0 saturated heterocycles. The van der Waals surface area contributed by atoms with E-state index in [1.807, 2.05) is 17.8 Å². The minimum atomic E-state index is 0.135. The van der Waals surface area contributed by atoms with Crippen LogP contribution in [-0.2, 0) is 0 Å². The average Bonchev–Trinajstić information content (AvgIpc) is 2.81. The van der Waals surface area contributed by atoms with Crippen LogP contribution in [0.5, 0.6) is 0 Å². The molecule has 1 unspecified atom stereocenters. The van der Waals surface area contributed by atoms with Crippen molar-refractivity contribution in [2.45, 2.75) is 43.4 Å². The Morgan fingerprint density at radius 3 is 2.87 bits per heavy atom. The minimum Gasteiger partial charge on any atom is -0.472 e. The van der Waals surface area contributed by atoms with E-state index in [1.165, 1.54) is 32.1 Å². The van der Waals surface area contributed by atoms with Crippen molar-refractivity contribution in [3.8, 4) is 0 Å². The summed E-state index contributed by atoms with van der Waals surface area (Å²) in [5.41, 5.74) is 7.20. The molecule has 84 valence electrons. The van der Waals surface area contributed by atoms with Crippen molar-refractivity contribution in [2.75, 3.05) is 5.75 Å². The Morgan fingerprint density at radius 1 is 1.40 bits per heavy atom. The van der Waals surface area contributed by atoms with Crippen LogP contribution >= 0.6 is 11.8 Å². The Labute approximate surface area is 95.6 Å². The van der Waals surface area contributed by atoms with Crippen LogP contribution in [0.15, 0.2) is 23.0 Å². The number of hydrogen-bond acceptors (Lipinski definition) is 3. The van der Waals surface area contributed by atoms with Gasteiger partial charge in [-0.05, 0) is 18.9 Å². The maximum Gasteiger partial charge on any atom is 0.0950 e. The number of hydrogen-bond donors (Lipinski definition) is 1. The third kappa shape index (κ3) is 3.28. The van der Waals surface area contributed by atoms with Crippen molar-refractivity contribution in [1.29, 1.82) is 0 Å². The van der Waals surface area contributed by atoms with Crippen LogP contribution in [0.3, 0.4) is 0 Å². The lowest BCUT2D eigenvalue weighted by atomic mass is 10.0. The summed E-state index contributed by atoms with van der Waals surface area (Å²) in [6.07, 6.45) is 10.4. The Kier molecular flexibility index (Phi) is 4.15. The first kappa shape index (κ1) is 11.1. The highest BCUT2D eigenvalue weighted by Crippen LogP contribution is 2.30. The molecule has 2 nitrogen and oxygen atoms in total. The summed E-state index contributed by atoms with van der Waals surface area (Å²) >= 11 is 2.04. The normalized spacial score (nSPS) is 20.3. The predicted octanol–water partition coefficient (Wildman–Crippen LogP) is 3.35. The van der Waals surface area contributed by atoms with Crippen LogP contribution in [0.2, 0.25) is 0 Å². The van der Waals surface area contributed by atoms with Crippen LogP contribution in [-0.4, -0.2) is 11.0 Å². The third-order valence-electron chi connectivity index (χ3n) is 3.04. The molecule has 1 aliphatic rings. The molecule has 0 bridgehead atoms. The first-order chi connectivity index (χ1) is 7.36. The second-order valence-electron chi connectivity index (χ2n) is 4.26. The van der Waals surface area contributed by atoms with Gasteiger partial charge in [0.15, 0.2) is 0 Å². The monoisotopic (exact) mass is 225 g/mol. The fraction of sp³-hybridized carbons (Fsp3) is 0.667. The van der Waals surface area contributed by atoms with Crippen LogP contribution in [0.4, 0.5) is 0 Å². The summed E-state index contributed by atoms with van der Waals surface area (Å²) in [4.78, 5) is 0. The van der Waals surface area contributed by atoms with Gasteiger partial charge in [0.25, 0.3) is 0 Å². The Bertz CT molecular complexity index is 267. The van der Waals surface area contributed by atoms with Gasteiger partial charge in [-0.15, -0.1) is 0 Å². The SMILES string of the molecule is NC(CSC1CCCCC1)c1ccoc1. The van der Waals surface area contributed by atoms with Crippen molar-refractivity contribution in [2.24, 2.45) is 5.73 Å². The van der Waals surface area contributed by atoms with Gasteiger partial charge in [0.2, 0.25) is 0 Å². The molecule has 0 aliphatic heterocycles. The number of furan rings is 1. The van der Waals surface area contributed by atoms with E-state index < -0.39 is 0 Å². The summed E-state index contributed by atoms with van der Waals surface area (Å²) in [6, 6.07) is 2.10. The van der Waals surface area contributed by atoms with Gasteiger partial charge in [0, 0.05) is 22.6 Å². The lowest BCUT2D eigenvalue weighted by Crippen LogP contribution is -2.16. The van der Waals surface area contributed by atoms with E-state index in [0.717, 1.165) is 16.6 Å². The van der Waals surface area contributed by atoms with E-state index in [0.29, 0.717) is 0 Å². The van der Waals surface area contributed by atoms with Crippen LogP contribution < -0.4 is 5.73 Å². The number of thioether (sulfide) groups is 1. The molecule has 15 heavy (non-hydrogen) atoms. The topological polar surface area (TPSA) is 39.2 Å². The molecule has 0 radical (unpaired) electrons. The van der Waals surface area contributed by atoms with Gasteiger partial charge in [0.05, 0.1) is 12.5 Å². The van der Waals surface area contributed by atoms with E-state index in [-0.39, 0.29) is 6.04 Å². The van der Waals surface area contributed by atoms with E-state index in [4.69, 9.17) is 10.2 Å². The van der Waals surface area contributed by atoms with Crippen molar-refractivity contribution in [3.05, 3.63) is 24.2 Å². The standard InChI is InChI=1S/C12H19NOS/c13-12(10-6-7-14-8-10)9-15-11-4-2-1-3-5-11/h6-8,11-12H,1-5,9,13H2. The van der Waals surface area contributed by atoms with Crippen LogP contribution in [0.25, 0.3) is 0 Å². The predicted molar refractivity (Wildman–Crippen MR) is 65.0 cm³/mol. The highest BCUT2D eigenvalue weighted by molar-refractivity contribution is 7.99. The number of rotatable bonds is 4. The molecule has 0 amide bonds. The average molecular weight is 225 g/mol. The van der Waals surface area contributed by atoms with E-state index in [1.54, 1.807) is 12.5 Å². The molecule has 1 aliphatic carbocycles. The summed E-state index contributed by atoms with van der Waals surface area (Å²) < 4.78 is 5.04. The minimum absolute atomic E-state index is 0.135. The van der Waals surface area contributed by atoms with Crippen molar-refractivity contribution in [1.82, 2.24) is 0 Å². The molecule has 1 aromatic rings. The molecule has 3 heteroatoms. The van der Waals surface area contributed by atoms with E-state index >= 15 is 0 Å². The quantitative estimate of drug-likeness (QED) is 0.854. The largest absolute Gasteiger partial charge is 0.472 e. The molecule has 1 fully saturated rings. The lowest BCUT2D eigenvalue weighted by molar-refractivity contribution is 0.515. The van der Waals surface area contributed by atoms with E-state index in [2.05, 4.69) is 0 Å². The van der Waals surface area contributed by atoms with Gasteiger partial charge in [-0.3, -0.25) is 0 Å². The zero-order chi connectivity index (χ0) is 10.5. The summed E-state index contributed by atoms with van der Waals surface area (Å²) in [5, 5.41) is 0.844. The number of nitrogens with two attached hydrogens (primary N) is 1. The lowest BCUT2D eigenvalue weighted by Gasteiger charge is -2.22. The fourth-order valence-electron chi connectivity index (χ4n) is 2.05. The first-order valence-corrected chi connectivity index (χ1v) is 6.80. The molecule has 2 rings (SSSR count). The highest BCUT2D eigenvalue weighted by Gasteiger charge is 2.16. The molecule has 0 spiro atoms. The highest BCUT2D eigenvalue weighted by atomic mass is 32.2. The van der Waals surface area contributed by atoms with Gasteiger partial charge in [-0.25, -0.2) is 0 Å². The maximum atomic E-state index is 6.08. The molecule has 2 N–H and O–H groups in total. The molecular formula is C12H19NOS. The molecule has 0 aromatic carbocycles. The summed E-state index contributed by atoms with van der Waals surface area (Å²) in [6.45, 7) is 0. The summed E-state index contributed by atoms with van der Waals surface area (Å²) in [7, 11) is 0. The third-order valence-corrected chi connectivity index (χ3v) is 4.53. The second kappa shape index (κ2) is 5.61. The molecule has 1 saturated carbocycles. The van der Waals surface area contributed by atoms with Crippen molar-refractivity contribution < 1.29 is 4.42 Å². The van der Waals surface area contributed by atoms with Gasteiger partial charge in [-0.2, -0.15) is 11.8 Å². The molecule has 1 atom stereocenters. The Morgan fingerprint density at radius 2 is 2.20 bits per heavy atom. The second-order valence-corrected chi connectivity index (χ2v) is 5.59. The maximum absolute atomic E-state index is 6.08. The van der Waals surface area contributed by atoms with Gasteiger partial charge >= 0.3 is 0 Å². The smallest absolute Gasteiger partial charge is 0.0950 e. The first-order valence-electron chi connectivity index (χ1n) is 5.75. The van der Waals surface area contributed by atoms with Crippen LogP contribution in [0, 0.1) is 0 Å². The van der Waals surface area contributed by atoms with Crippen molar-refractivity contribution in [3.63, 3.8) is 0 Å². The van der Waals surface area contributed by atoms with Gasteiger partial charge < -0.3 is 10.2 Å². The van der Waals surface area contributed by atoms with Crippen LogP contribution in [0.1, 0.15) is 43.7 Å².